The number of cyclic esters (lactones) is 1. The zero-order chi connectivity index (χ0) is 39.2. The summed E-state index contributed by atoms with van der Waals surface area (Å²) in [4.78, 5) is 60.0. The Morgan fingerprint density at radius 3 is 2.67 bits per heavy atom. The second-order valence-corrected chi connectivity index (χ2v) is 16.1. The van der Waals surface area contributed by atoms with Crippen LogP contribution in [0.4, 0.5) is 4.39 Å². The lowest BCUT2D eigenvalue weighted by molar-refractivity contribution is -0.172. The average molecular weight is 763 g/mol. The van der Waals surface area contributed by atoms with Crippen molar-refractivity contribution in [2.24, 2.45) is 0 Å². The van der Waals surface area contributed by atoms with Gasteiger partial charge in [-0.1, -0.05) is 6.92 Å². The Bertz CT molecular complexity index is 2090. The van der Waals surface area contributed by atoms with Crippen molar-refractivity contribution in [3.05, 3.63) is 61.7 Å². The van der Waals surface area contributed by atoms with Crippen LogP contribution in [0.3, 0.4) is 0 Å². The number of hydrogen-bond donors (Lipinski definition) is 2. The van der Waals surface area contributed by atoms with E-state index in [9.17, 15) is 24.3 Å². The Morgan fingerprint density at radius 1 is 1.15 bits per heavy atom. The first-order chi connectivity index (χ1) is 26.2. The van der Waals surface area contributed by atoms with Gasteiger partial charge in [-0.05, 0) is 102 Å². The number of nitrogens with one attached hydrogen (secondary N) is 1. The summed E-state index contributed by atoms with van der Waals surface area (Å²) in [5.41, 5.74) is 1.53. The number of fused-ring (bicyclic) bond motifs is 5. The third-order valence-corrected chi connectivity index (χ3v) is 11.2. The van der Waals surface area contributed by atoms with Crippen LogP contribution in [0, 0.1) is 12.7 Å². The number of halogens is 1. The van der Waals surface area contributed by atoms with Crippen molar-refractivity contribution in [2.75, 3.05) is 32.8 Å². The number of nitrogens with zero attached hydrogens (tertiary/aromatic N) is 3. The summed E-state index contributed by atoms with van der Waals surface area (Å²) in [5, 5.41) is 15.4. The highest BCUT2D eigenvalue weighted by Gasteiger charge is 2.46. The van der Waals surface area contributed by atoms with Gasteiger partial charge in [-0.2, -0.15) is 0 Å². The fraction of sp³-hybridized carbons (Fsp3) is 0.585. The summed E-state index contributed by atoms with van der Waals surface area (Å²) in [5.74, 6) is -1.74. The molecule has 4 aliphatic rings. The maximum atomic E-state index is 15.4. The van der Waals surface area contributed by atoms with Crippen molar-refractivity contribution in [3.8, 4) is 11.4 Å². The quantitative estimate of drug-likeness (QED) is 0.195. The topological polar surface area (TPSA) is 159 Å². The van der Waals surface area contributed by atoms with Crippen LogP contribution in [0.1, 0.15) is 112 Å². The van der Waals surface area contributed by atoms with Gasteiger partial charge in [0.2, 0.25) is 5.91 Å². The standard InChI is InChI=1S/C41H51FN4O9/c1-6-41(51)27-18-31-37-25(20-46(31)38(49)26(27)22-54-39(41)50)36-29(13-12-24-23(2)28(42)19-30(44-37)35(24)36)43-32(47)21-45(14-9-10-33(48)55-40(3,4)5)15-17-53-34-11-7-8-16-52-34/h18-19,29,34,51H,6-17,20-22H2,1-5H3,(H,43,47)/t29-,34?,41-/m0/s1. The normalized spacial score (nSPS) is 21.6. The molecule has 14 heteroatoms. The van der Waals surface area contributed by atoms with Crippen LogP contribution in [-0.4, -0.2) is 82.1 Å². The Labute approximate surface area is 319 Å². The first-order valence-corrected chi connectivity index (χ1v) is 19.5. The molecule has 1 aliphatic carbocycles. The van der Waals surface area contributed by atoms with Crippen LogP contribution >= 0.6 is 0 Å². The smallest absolute Gasteiger partial charge is 0.343 e. The second kappa shape index (κ2) is 15.4. The van der Waals surface area contributed by atoms with Crippen molar-refractivity contribution in [1.29, 1.82) is 0 Å². The van der Waals surface area contributed by atoms with E-state index in [2.05, 4.69) is 5.32 Å². The summed E-state index contributed by atoms with van der Waals surface area (Å²) >= 11 is 0. The van der Waals surface area contributed by atoms with Crippen LogP contribution in [0.2, 0.25) is 0 Å². The van der Waals surface area contributed by atoms with Gasteiger partial charge in [0, 0.05) is 42.2 Å². The predicted octanol–water partition coefficient (Wildman–Crippen LogP) is 4.60. The highest BCUT2D eigenvalue weighted by Crippen LogP contribution is 2.46. The molecule has 5 heterocycles. The van der Waals surface area contributed by atoms with Crippen molar-refractivity contribution < 1.29 is 42.8 Å². The molecule has 2 N–H and O–H groups in total. The minimum Gasteiger partial charge on any atom is -0.460 e. The number of aliphatic hydroxyl groups is 1. The predicted molar refractivity (Wildman–Crippen MR) is 199 cm³/mol. The molecule has 2 aromatic heterocycles. The number of hydrogen-bond acceptors (Lipinski definition) is 11. The first-order valence-electron chi connectivity index (χ1n) is 19.5. The van der Waals surface area contributed by atoms with Crippen molar-refractivity contribution >= 4 is 28.7 Å². The van der Waals surface area contributed by atoms with Gasteiger partial charge in [0.05, 0.1) is 48.2 Å². The zero-order valence-electron chi connectivity index (χ0n) is 32.3. The Balaban J connectivity index is 1.18. The van der Waals surface area contributed by atoms with E-state index in [1.54, 1.807) is 24.5 Å². The highest BCUT2D eigenvalue weighted by molar-refractivity contribution is 5.94. The number of rotatable bonds is 12. The number of ether oxygens (including phenoxy) is 4. The molecule has 13 nitrogen and oxygen atoms in total. The van der Waals surface area contributed by atoms with Crippen molar-refractivity contribution in [3.63, 3.8) is 0 Å². The summed E-state index contributed by atoms with van der Waals surface area (Å²) < 4.78 is 39.4. The van der Waals surface area contributed by atoms with Gasteiger partial charge < -0.3 is 33.9 Å². The lowest BCUT2D eigenvalue weighted by Crippen LogP contribution is -2.44. The number of pyridine rings is 2. The highest BCUT2D eigenvalue weighted by atomic mass is 19.1. The van der Waals surface area contributed by atoms with E-state index in [0.717, 1.165) is 41.3 Å². The minimum absolute atomic E-state index is 0.00540. The van der Waals surface area contributed by atoms with Crippen LogP contribution in [0.5, 0.6) is 0 Å². The number of carbonyl (C=O) groups excluding carboxylic acids is 3. The molecule has 1 fully saturated rings. The van der Waals surface area contributed by atoms with E-state index in [0.29, 0.717) is 68.0 Å². The van der Waals surface area contributed by atoms with Gasteiger partial charge in [0.1, 0.15) is 18.0 Å². The van der Waals surface area contributed by atoms with Gasteiger partial charge in [0.25, 0.3) is 5.56 Å². The third-order valence-electron chi connectivity index (χ3n) is 11.2. The fourth-order valence-electron chi connectivity index (χ4n) is 8.41. The second-order valence-electron chi connectivity index (χ2n) is 16.1. The number of aryl methyl sites for hydroxylation is 1. The maximum Gasteiger partial charge on any atom is 0.343 e. The van der Waals surface area contributed by atoms with Gasteiger partial charge in [0.15, 0.2) is 11.9 Å². The van der Waals surface area contributed by atoms with Crippen molar-refractivity contribution in [1.82, 2.24) is 19.8 Å². The Hall–Kier alpha value is -4.24. The lowest BCUT2D eigenvalue weighted by atomic mass is 9.81. The Kier molecular flexibility index (Phi) is 10.9. The summed E-state index contributed by atoms with van der Waals surface area (Å²) in [6, 6.07) is 2.55. The van der Waals surface area contributed by atoms with Crippen molar-refractivity contribution in [2.45, 2.75) is 123 Å². The number of carbonyl (C=O) groups is 3. The van der Waals surface area contributed by atoms with E-state index in [1.807, 2.05) is 25.7 Å². The zero-order valence-corrected chi connectivity index (χ0v) is 32.3. The molecule has 7 rings (SSSR count). The first kappa shape index (κ1) is 39.0. The summed E-state index contributed by atoms with van der Waals surface area (Å²) in [6.07, 6.45) is 4.29. The molecule has 0 radical (unpaired) electrons. The lowest BCUT2D eigenvalue weighted by Gasteiger charge is -2.31. The largest absolute Gasteiger partial charge is 0.460 e. The number of amides is 1. The van der Waals surface area contributed by atoms with E-state index in [4.69, 9.17) is 23.9 Å². The van der Waals surface area contributed by atoms with Crippen LogP contribution in [0.15, 0.2) is 16.9 Å². The number of benzene rings is 1. The van der Waals surface area contributed by atoms with E-state index in [1.165, 1.54) is 6.07 Å². The molecule has 296 valence electrons. The minimum atomic E-state index is -1.99. The van der Waals surface area contributed by atoms with E-state index >= 15 is 4.39 Å². The monoisotopic (exact) mass is 762 g/mol. The summed E-state index contributed by atoms with van der Waals surface area (Å²) in [7, 11) is 0. The number of esters is 2. The number of aromatic nitrogens is 2. The molecule has 0 bridgehead atoms. The van der Waals surface area contributed by atoms with E-state index < -0.39 is 34.6 Å². The van der Waals surface area contributed by atoms with Crippen LogP contribution < -0.4 is 10.9 Å². The fourth-order valence-corrected chi connectivity index (χ4v) is 8.41. The molecule has 1 aromatic carbocycles. The average Bonchev–Trinajstić information content (AvgIpc) is 3.51. The molecular weight excluding hydrogens is 711 g/mol. The molecule has 1 saturated heterocycles. The maximum absolute atomic E-state index is 15.4. The van der Waals surface area contributed by atoms with E-state index in [-0.39, 0.29) is 61.8 Å². The molecule has 1 unspecified atom stereocenters. The summed E-state index contributed by atoms with van der Waals surface area (Å²) in [6.45, 7) is 10.7. The van der Waals surface area contributed by atoms with Crippen LogP contribution in [-0.2, 0) is 58.5 Å². The molecule has 0 spiro atoms. The molecule has 3 aromatic rings. The molecule has 1 amide bonds. The van der Waals surface area contributed by atoms with Gasteiger partial charge >= 0.3 is 11.9 Å². The van der Waals surface area contributed by atoms with Gasteiger partial charge in [-0.3, -0.25) is 19.3 Å². The molecular formula is C41H51FN4O9. The van der Waals surface area contributed by atoms with Crippen LogP contribution in [0.25, 0.3) is 22.3 Å². The molecule has 55 heavy (non-hydrogen) atoms. The van der Waals surface area contributed by atoms with Gasteiger partial charge in [-0.25, -0.2) is 14.2 Å². The third kappa shape index (κ3) is 7.66. The van der Waals surface area contributed by atoms with Gasteiger partial charge in [-0.15, -0.1) is 0 Å². The molecule has 0 saturated carbocycles. The SMILES string of the molecule is CC[C@@]1(O)C(=O)OCc2c1cc1n(c2=O)Cc2c-1nc1cc(F)c(C)c3c1c2[C@@H](NC(=O)CN(CCCC(=O)OC(C)(C)C)CCOC1CCCCO1)CC3. The Morgan fingerprint density at radius 2 is 1.95 bits per heavy atom. The molecule has 3 aliphatic heterocycles. The molecule has 3 atom stereocenters.